The van der Waals surface area contributed by atoms with Crippen molar-refractivity contribution in [3.63, 3.8) is 0 Å². The number of hydrogen-bond donors (Lipinski definition) is 1. The first-order valence-electron chi connectivity index (χ1n) is 10.4. The van der Waals surface area contributed by atoms with Crippen molar-refractivity contribution < 1.29 is 23.6 Å². The van der Waals surface area contributed by atoms with Crippen LogP contribution in [0.2, 0.25) is 0 Å². The maximum absolute atomic E-state index is 12.5. The number of aromatic nitrogens is 1. The van der Waals surface area contributed by atoms with Gasteiger partial charge in [0.25, 0.3) is 0 Å². The molecule has 1 N–H and O–H groups in total. The molecule has 7 nitrogen and oxygen atoms in total. The van der Waals surface area contributed by atoms with Crippen LogP contribution in [-0.4, -0.2) is 22.6 Å². The summed E-state index contributed by atoms with van der Waals surface area (Å²) in [5.41, 5.74) is 1.86. The van der Waals surface area contributed by atoms with Crippen LogP contribution < -0.4 is 10.1 Å². The minimum Gasteiger partial charge on any atom is -0.457 e. The number of nitrogens with one attached hydrogen (secondary N) is 1. The van der Waals surface area contributed by atoms with Crippen LogP contribution in [-0.2, 0) is 14.4 Å². The zero-order valence-electron chi connectivity index (χ0n) is 17.4. The van der Waals surface area contributed by atoms with Gasteiger partial charge >= 0.3 is 0 Å². The summed E-state index contributed by atoms with van der Waals surface area (Å²) in [6, 6.07) is 16.6. The molecule has 1 fully saturated rings. The molecule has 0 radical (unpaired) electrons. The van der Waals surface area contributed by atoms with Crippen molar-refractivity contribution in [3.05, 3.63) is 60.3 Å². The van der Waals surface area contributed by atoms with Gasteiger partial charge in [-0.2, -0.15) is 0 Å². The average Bonchev–Trinajstić information content (AvgIpc) is 3.18. The monoisotopic (exact) mass is 428 g/mol. The molecule has 0 unspecified atom stereocenters. The second-order valence-electron chi connectivity index (χ2n) is 7.97. The number of carbonyl (C=O) groups is 3. The van der Waals surface area contributed by atoms with E-state index in [4.69, 9.17) is 9.26 Å². The number of carbonyl (C=O) groups excluding carboxylic acids is 3. The second-order valence-corrected chi connectivity index (χ2v) is 7.97. The molecule has 1 aliphatic carbocycles. The molecule has 1 heterocycles. The summed E-state index contributed by atoms with van der Waals surface area (Å²) in [5, 5.41) is 9.55. The number of rotatable bonds is 4. The molecule has 4 aromatic rings. The molecular formula is C25H20N2O5. The van der Waals surface area contributed by atoms with Gasteiger partial charge in [-0.1, -0.05) is 17.3 Å². The lowest BCUT2D eigenvalue weighted by Crippen LogP contribution is -2.23. The van der Waals surface area contributed by atoms with E-state index in [0.29, 0.717) is 41.3 Å². The molecule has 7 heteroatoms. The fraction of sp³-hybridized carbons (Fsp3) is 0.200. The van der Waals surface area contributed by atoms with E-state index in [9.17, 15) is 14.4 Å². The third-order valence-electron chi connectivity index (χ3n) is 5.64. The third kappa shape index (κ3) is 3.73. The summed E-state index contributed by atoms with van der Waals surface area (Å²) in [6.45, 7) is 1.45. The summed E-state index contributed by atoms with van der Waals surface area (Å²) in [5.74, 6) is 0.531. The number of ether oxygens (including phenoxy) is 1. The number of hydrogen-bond acceptors (Lipinski definition) is 6. The number of anilines is 1. The minimum atomic E-state index is -0.424. The van der Waals surface area contributed by atoms with Gasteiger partial charge in [0.15, 0.2) is 5.58 Å². The SMILES string of the molecule is CC(=O)Nc1cccc(Oc2ccc3c(ccc4onc([C@@H]5CCC(=O)CC5=O)c43)c2)c1. The molecule has 0 spiro atoms. The Labute approximate surface area is 183 Å². The Morgan fingerprint density at radius 2 is 1.94 bits per heavy atom. The number of Topliss-reactive ketones (excluding diaryl/α,β-unsaturated/α-hetero) is 2. The van der Waals surface area contributed by atoms with Crippen molar-refractivity contribution in [2.45, 2.75) is 32.1 Å². The van der Waals surface area contributed by atoms with Crippen LogP contribution in [0.3, 0.4) is 0 Å². The first kappa shape index (κ1) is 19.9. The van der Waals surface area contributed by atoms with E-state index in [1.165, 1.54) is 6.92 Å². The van der Waals surface area contributed by atoms with E-state index in [2.05, 4.69) is 10.5 Å². The minimum absolute atomic E-state index is 0.0201. The van der Waals surface area contributed by atoms with Gasteiger partial charge in [-0.25, -0.2) is 0 Å². The van der Waals surface area contributed by atoms with E-state index in [-0.39, 0.29) is 23.9 Å². The molecule has 1 aliphatic rings. The first-order valence-corrected chi connectivity index (χ1v) is 10.4. The van der Waals surface area contributed by atoms with Crippen molar-refractivity contribution in [1.82, 2.24) is 5.16 Å². The van der Waals surface area contributed by atoms with Crippen LogP contribution in [0, 0.1) is 0 Å². The second kappa shape index (κ2) is 7.92. The van der Waals surface area contributed by atoms with Crippen molar-refractivity contribution >= 4 is 44.9 Å². The van der Waals surface area contributed by atoms with Crippen molar-refractivity contribution in [1.29, 1.82) is 0 Å². The van der Waals surface area contributed by atoms with Crippen LogP contribution in [0.4, 0.5) is 5.69 Å². The van der Waals surface area contributed by atoms with Crippen molar-refractivity contribution in [2.75, 3.05) is 5.32 Å². The highest BCUT2D eigenvalue weighted by molar-refractivity contribution is 6.11. The lowest BCUT2D eigenvalue weighted by atomic mass is 9.83. The van der Waals surface area contributed by atoms with Crippen LogP contribution in [0.15, 0.2) is 59.1 Å². The van der Waals surface area contributed by atoms with Gasteiger partial charge in [0.1, 0.15) is 28.8 Å². The zero-order valence-corrected chi connectivity index (χ0v) is 17.4. The lowest BCUT2D eigenvalue weighted by molar-refractivity contribution is -0.130. The maximum Gasteiger partial charge on any atom is 0.221 e. The van der Waals surface area contributed by atoms with E-state index < -0.39 is 5.92 Å². The smallest absolute Gasteiger partial charge is 0.221 e. The number of benzene rings is 3. The van der Waals surface area contributed by atoms with Gasteiger partial charge in [-0.05, 0) is 53.6 Å². The van der Waals surface area contributed by atoms with Crippen LogP contribution in [0.1, 0.15) is 37.8 Å². The van der Waals surface area contributed by atoms with Crippen molar-refractivity contribution in [3.8, 4) is 11.5 Å². The highest BCUT2D eigenvalue weighted by Gasteiger charge is 2.32. The molecule has 5 rings (SSSR count). The van der Waals surface area contributed by atoms with Gasteiger partial charge < -0.3 is 14.6 Å². The average molecular weight is 428 g/mol. The predicted molar refractivity (Wildman–Crippen MR) is 119 cm³/mol. The standard InChI is InChI=1S/C25H20N2O5/c1-14(28)26-16-3-2-4-18(12-16)31-19-7-9-20-15(11-19)5-10-23-24(20)25(27-32-23)21-8-6-17(29)13-22(21)30/h2-5,7,9-12,21H,6,8,13H2,1H3,(H,26,28)/t21-/m1/s1. The summed E-state index contributed by atoms with van der Waals surface area (Å²) in [6.07, 6.45) is 0.798. The number of nitrogens with zero attached hydrogens (tertiary/aromatic N) is 1. The molecule has 1 aromatic heterocycles. The van der Waals surface area contributed by atoms with Crippen LogP contribution >= 0.6 is 0 Å². The molecule has 1 amide bonds. The fourth-order valence-electron chi connectivity index (χ4n) is 4.21. The van der Waals surface area contributed by atoms with Crippen LogP contribution in [0.25, 0.3) is 21.7 Å². The molecule has 32 heavy (non-hydrogen) atoms. The Hall–Kier alpha value is -4.00. The van der Waals surface area contributed by atoms with E-state index >= 15 is 0 Å². The zero-order chi connectivity index (χ0) is 22.2. The van der Waals surface area contributed by atoms with E-state index in [0.717, 1.165) is 16.2 Å². The van der Waals surface area contributed by atoms with Gasteiger partial charge in [0.05, 0.1) is 17.7 Å². The van der Waals surface area contributed by atoms with Gasteiger partial charge in [0.2, 0.25) is 5.91 Å². The summed E-state index contributed by atoms with van der Waals surface area (Å²) in [4.78, 5) is 35.4. The molecule has 1 atom stereocenters. The number of fused-ring (bicyclic) bond motifs is 3. The topological polar surface area (TPSA) is 98.5 Å². The summed E-state index contributed by atoms with van der Waals surface area (Å²) < 4.78 is 11.5. The number of amides is 1. The molecule has 0 aliphatic heterocycles. The van der Waals surface area contributed by atoms with Gasteiger partial charge in [-0.15, -0.1) is 0 Å². The molecule has 0 saturated heterocycles. The summed E-state index contributed by atoms with van der Waals surface area (Å²) in [7, 11) is 0. The maximum atomic E-state index is 12.5. The molecular weight excluding hydrogens is 408 g/mol. The molecule has 1 saturated carbocycles. The Morgan fingerprint density at radius 3 is 2.75 bits per heavy atom. The third-order valence-corrected chi connectivity index (χ3v) is 5.64. The quantitative estimate of drug-likeness (QED) is 0.452. The lowest BCUT2D eigenvalue weighted by Gasteiger charge is -2.18. The normalized spacial score (nSPS) is 16.5. The highest BCUT2D eigenvalue weighted by Crippen LogP contribution is 2.38. The largest absolute Gasteiger partial charge is 0.457 e. The first-order chi connectivity index (χ1) is 15.5. The van der Waals surface area contributed by atoms with E-state index in [1.807, 2.05) is 36.4 Å². The molecule has 160 valence electrons. The highest BCUT2D eigenvalue weighted by atomic mass is 16.5. The van der Waals surface area contributed by atoms with E-state index in [1.54, 1.807) is 18.2 Å². The molecule has 3 aromatic carbocycles. The molecule has 0 bridgehead atoms. The number of ketones is 2. The fourth-order valence-corrected chi connectivity index (χ4v) is 4.21. The Balaban J connectivity index is 1.50. The van der Waals surface area contributed by atoms with Gasteiger partial charge in [-0.3, -0.25) is 14.4 Å². The predicted octanol–water partition coefficient (Wildman–Crippen LogP) is 5.14. The van der Waals surface area contributed by atoms with Gasteiger partial charge in [0, 0.05) is 25.1 Å². The van der Waals surface area contributed by atoms with Crippen molar-refractivity contribution in [2.24, 2.45) is 0 Å². The Kier molecular flexibility index (Phi) is 4.93. The summed E-state index contributed by atoms with van der Waals surface area (Å²) >= 11 is 0. The Morgan fingerprint density at radius 1 is 1.09 bits per heavy atom. The van der Waals surface area contributed by atoms with Crippen LogP contribution in [0.5, 0.6) is 11.5 Å². The Bertz CT molecular complexity index is 1390.